The van der Waals surface area contributed by atoms with Crippen molar-refractivity contribution in [1.82, 2.24) is 20.3 Å². The molecule has 0 bridgehead atoms. The Morgan fingerprint density at radius 3 is 2.65 bits per heavy atom. The average Bonchev–Trinajstić information content (AvgIpc) is 2.63. The van der Waals surface area contributed by atoms with E-state index in [2.05, 4.69) is 21.4 Å². The molecule has 3 heterocycles. The van der Waals surface area contributed by atoms with E-state index in [1.807, 2.05) is 36.4 Å². The summed E-state index contributed by atoms with van der Waals surface area (Å²) in [6.45, 7) is 2.07. The van der Waals surface area contributed by atoms with Crippen LogP contribution in [0.1, 0.15) is 24.5 Å². The van der Waals surface area contributed by atoms with Gasteiger partial charge in [0.15, 0.2) is 11.5 Å². The summed E-state index contributed by atoms with van der Waals surface area (Å²) in [6.07, 6.45) is 2.35. The van der Waals surface area contributed by atoms with E-state index >= 15 is 0 Å². The molecule has 1 unspecified atom stereocenters. The molecular formula is C18H19N5. The van der Waals surface area contributed by atoms with Gasteiger partial charge in [0, 0.05) is 23.7 Å². The van der Waals surface area contributed by atoms with Gasteiger partial charge < -0.3 is 11.1 Å². The summed E-state index contributed by atoms with van der Waals surface area (Å²) in [4.78, 5) is 13.8. The number of hydrogen-bond donors (Lipinski definition) is 2. The zero-order valence-corrected chi connectivity index (χ0v) is 12.9. The minimum atomic E-state index is 0.449. The molecule has 1 fully saturated rings. The Balaban J connectivity index is 1.80. The number of aromatic nitrogens is 3. The third kappa shape index (κ3) is 2.75. The lowest BCUT2D eigenvalue weighted by Crippen LogP contribution is -2.28. The molecule has 1 saturated heterocycles. The lowest BCUT2D eigenvalue weighted by atomic mass is 9.95. The fraction of sp³-hybridized carbons (Fsp3) is 0.278. The maximum atomic E-state index is 6.12. The van der Waals surface area contributed by atoms with Gasteiger partial charge >= 0.3 is 0 Å². The van der Waals surface area contributed by atoms with Gasteiger partial charge in [0.05, 0.1) is 5.39 Å². The van der Waals surface area contributed by atoms with Crippen molar-refractivity contribution in [3.05, 3.63) is 48.2 Å². The maximum absolute atomic E-state index is 6.12. The Kier molecular flexibility index (Phi) is 3.63. The molecule has 0 saturated carbocycles. The van der Waals surface area contributed by atoms with Crippen molar-refractivity contribution in [2.75, 3.05) is 18.8 Å². The van der Waals surface area contributed by atoms with Gasteiger partial charge in [0.2, 0.25) is 0 Å². The lowest BCUT2D eigenvalue weighted by Gasteiger charge is -2.22. The largest absolute Gasteiger partial charge is 0.383 e. The summed E-state index contributed by atoms with van der Waals surface area (Å²) >= 11 is 0. The zero-order chi connectivity index (χ0) is 15.6. The summed E-state index contributed by atoms with van der Waals surface area (Å²) in [5, 5.41) is 4.25. The number of hydrogen-bond acceptors (Lipinski definition) is 5. The number of anilines is 1. The van der Waals surface area contributed by atoms with Crippen LogP contribution in [0.25, 0.3) is 22.4 Å². The summed E-state index contributed by atoms with van der Waals surface area (Å²) in [6, 6.07) is 13.9. The molecule has 1 atom stereocenters. The number of nitrogens with zero attached hydrogens (tertiary/aromatic N) is 3. The number of benzene rings is 1. The quantitative estimate of drug-likeness (QED) is 0.761. The van der Waals surface area contributed by atoms with E-state index in [4.69, 9.17) is 10.7 Å². The van der Waals surface area contributed by atoms with Crippen LogP contribution in [-0.4, -0.2) is 28.0 Å². The molecular weight excluding hydrogens is 286 g/mol. The Bertz CT molecular complexity index is 825. The van der Waals surface area contributed by atoms with E-state index in [0.717, 1.165) is 36.2 Å². The number of rotatable bonds is 2. The molecule has 0 radical (unpaired) electrons. The first-order valence-corrected chi connectivity index (χ1v) is 8.01. The zero-order valence-electron chi connectivity index (χ0n) is 12.9. The highest BCUT2D eigenvalue weighted by Crippen LogP contribution is 2.26. The van der Waals surface area contributed by atoms with Crippen LogP contribution in [0, 0.1) is 0 Å². The van der Waals surface area contributed by atoms with Gasteiger partial charge in [-0.05, 0) is 31.5 Å². The van der Waals surface area contributed by atoms with Crippen molar-refractivity contribution in [1.29, 1.82) is 0 Å². The van der Waals surface area contributed by atoms with Gasteiger partial charge in [-0.25, -0.2) is 15.0 Å². The Morgan fingerprint density at radius 1 is 1.00 bits per heavy atom. The number of piperidine rings is 1. The Labute approximate surface area is 135 Å². The molecule has 23 heavy (non-hydrogen) atoms. The lowest BCUT2D eigenvalue weighted by molar-refractivity contribution is 0.455. The van der Waals surface area contributed by atoms with Crippen LogP contribution in [0.2, 0.25) is 0 Å². The van der Waals surface area contributed by atoms with Crippen LogP contribution in [0.5, 0.6) is 0 Å². The third-order valence-electron chi connectivity index (χ3n) is 4.36. The topological polar surface area (TPSA) is 76.7 Å². The first kappa shape index (κ1) is 14.1. The van der Waals surface area contributed by atoms with Crippen molar-refractivity contribution >= 4 is 16.9 Å². The molecule has 5 nitrogen and oxygen atoms in total. The van der Waals surface area contributed by atoms with Crippen LogP contribution in [0.15, 0.2) is 42.5 Å². The van der Waals surface area contributed by atoms with E-state index in [1.54, 1.807) is 0 Å². The summed E-state index contributed by atoms with van der Waals surface area (Å²) < 4.78 is 0. The second-order valence-electron chi connectivity index (χ2n) is 5.95. The van der Waals surface area contributed by atoms with Gasteiger partial charge in [-0.1, -0.05) is 30.3 Å². The number of nitrogens with one attached hydrogen (secondary N) is 1. The van der Waals surface area contributed by atoms with E-state index in [0.29, 0.717) is 23.2 Å². The molecule has 0 amide bonds. The molecule has 0 aliphatic carbocycles. The van der Waals surface area contributed by atoms with E-state index in [9.17, 15) is 0 Å². The number of nitrogens with two attached hydrogens (primary N) is 1. The fourth-order valence-electron chi connectivity index (χ4n) is 3.10. The van der Waals surface area contributed by atoms with Crippen LogP contribution >= 0.6 is 0 Å². The molecule has 1 aliphatic rings. The minimum absolute atomic E-state index is 0.449. The smallest absolute Gasteiger partial charge is 0.165 e. The van der Waals surface area contributed by atoms with Crippen molar-refractivity contribution in [3.63, 3.8) is 0 Å². The predicted molar refractivity (Wildman–Crippen MR) is 92.0 cm³/mol. The van der Waals surface area contributed by atoms with Crippen LogP contribution in [-0.2, 0) is 0 Å². The normalized spacial score (nSPS) is 18.2. The van der Waals surface area contributed by atoms with E-state index < -0.39 is 0 Å². The van der Waals surface area contributed by atoms with Crippen LogP contribution < -0.4 is 11.1 Å². The molecule has 2 aromatic heterocycles. The molecule has 116 valence electrons. The molecule has 5 heteroatoms. The van der Waals surface area contributed by atoms with Crippen molar-refractivity contribution in [2.45, 2.75) is 18.8 Å². The molecule has 1 aliphatic heterocycles. The van der Waals surface area contributed by atoms with Gasteiger partial charge in [0.1, 0.15) is 5.82 Å². The van der Waals surface area contributed by atoms with Gasteiger partial charge in [-0.3, -0.25) is 0 Å². The third-order valence-corrected chi connectivity index (χ3v) is 4.36. The van der Waals surface area contributed by atoms with E-state index in [-0.39, 0.29) is 0 Å². The number of pyridine rings is 1. The SMILES string of the molecule is Nc1nc(-c2ccccc2)nc2nc(C3CCCNC3)ccc12. The Morgan fingerprint density at radius 2 is 1.87 bits per heavy atom. The highest BCUT2D eigenvalue weighted by Gasteiger charge is 2.18. The summed E-state index contributed by atoms with van der Waals surface area (Å²) in [5.41, 5.74) is 8.84. The highest BCUT2D eigenvalue weighted by molar-refractivity contribution is 5.87. The van der Waals surface area contributed by atoms with Gasteiger partial charge in [0.25, 0.3) is 0 Å². The highest BCUT2D eigenvalue weighted by atomic mass is 15.0. The summed E-state index contributed by atoms with van der Waals surface area (Å²) in [5.74, 6) is 1.56. The maximum Gasteiger partial charge on any atom is 0.165 e. The summed E-state index contributed by atoms with van der Waals surface area (Å²) in [7, 11) is 0. The molecule has 3 N–H and O–H groups in total. The predicted octanol–water partition coefficient (Wildman–Crippen LogP) is 2.74. The first-order valence-electron chi connectivity index (χ1n) is 8.01. The average molecular weight is 305 g/mol. The monoisotopic (exact) mass is 305 g/mol. The molecule has 0 spiro atoms. The van der Waals surface area contributed by atoms with E-state index in [1.165, 1.54) is 6.42 Å². The molecule has 4 rings (SSSR count). The van der Waals surface area contributed by atoms with Crippen LogP contribution in [0.4, 0.5) is 5.82 Å². The van der Waals surface area contributed by atoms with Crippen molar-refractivity contribution in [2.24, 2.45) is 0 Å². The van der Waals surface area contributed by atoms with Gasteiger partial charge in [-0.2, -0.15) is 0 Å². The molecule has 3 aromatic rings. The number of fused-ring (bicyclic) bond motifs is 1. The van der Waals surface area contributed by atoms with Gasteiger partial charge in [-0.15, -0.1) is 0 Å². The minimum Gasteiger partial charge on any atom is -0.383 e. The second-order valence-corrected chi connectivity index (χ2v) is 5.95. The number of nitrogen functional groups attached to an aromatic ring is 1. The molecule has 1 aromatic carbocycles. The fourth-order valence-corrected chi connectivity index (χ4v) is 3.10. The van der Waals surface area contributed by atoms with Crippen molar-refractivity contribution in [3.8, 4) is 11.4 Å². The van der Waals surface area contributed by atoms with Crippen molar-refractivity contribution < 1.29 is 0 Å². The Hall–Kier alpha value is -2.53. The first-order chi connectivity index (χ1) is 11.3. The second kappa shape index (κ2) is 5.93. The van der Waals surface area contributed by atoms with Crippen LogP contribution in [0.3, 0.4) is 0 Å². The standard InChI is InChI=1S/C18H19N5/c19-16-14-8-9-15(13-7-4-10-20-11-13)21-18(14)23-17(22-16)12-5-2-1-3-6-12/h1-3,5-6,8-9,13,20H,4,7,10-11H2,(H2,19,21,22,23).